The third-order valence-corrected chi connectivity index (χ3v) is 8.69. The number of hydrogen-bond acceptors (Lipinski definition) is 0. The topological polar surface area (TPSA) is 0 Å². The number of allylic oxidation sites excluding steroid dienone is 2. The number of rotatable bonds is 5. The Morgan fingerprint density at radius 1 is 0.520 bits per heavy atom. The van der Waals surface area contributed by atoms with Crippen molar-refractivity contribution in [3.05, 3.63) is 12.2 Å². The second-order valence-electron chi connectivity index (χ2n) is 10.3. The zero-order valence-corrected chi connectivity index (χ0v) is 16.8. The van der Waals surface area contributed by atoms with Gasteiger partial charge in [-0.25, -0.2) is 0 Å². The standard InChI is InChI=1S/C25H42/c1-2-3-19-6-10-22(11-7-19)24-14-16-25(17-15-24)23-12-8-21(9-13-23)18-20-4-5-20/h2-3,19-25H,4-18H2,1H3/b3-2+. The SMILES string of the molecule is C/C=C/C1CCC(C2CCC(C3CCC(CC4CC4)CC3)CC2)CC1. The fourth-order valence-electron chi connectivity index (χ4n) is 6.89. The fourth-order valence-corrected chi connectivity index (χ4v) is 6.89. The molecule has 0 nitrogen and oxygen atoms in total. The van der Waals surface area contributed by atoms with Crippen molar-refractivity contribution in [2.24, 2.45) is 41.4 Å². The summed E-state index contributed by atoms with van der Waals surface area (Å²) in [6.45, 7) is 2.19. The first kappa shape index (κ1) is 18.1. The molecule has 0 bridgehead atoms. The van der Waals surface area contributed by atoms with Crippen molar-refractivity contribution in [3.8, 4) is 0 Å². The van der Waals surface area contributed by atoms with Crippen molar-refractivity contribution < 1.29 is 0 Å². The van der Waals surface area contributed by atoms with Crippen molar-refractivity contribution in [1.82, 2.24) is 0 Å². The van der Waals surface area contributed by atoms with Crippen molar-refractivity contribution >= 4 is 0 Å². The molecule has 25 heavy (non-hydrogen) atoms. The Hall–Kier alpha value is -0.260. The van der Waals surface area contributed by atoms with Gasteiger partial charge in [0.25, 0.3) is 0 Å². The molecular formula is C25H42. The van der Waals surface area contributed by atoms with E-state index in [1.807, 2.05) is 0 Å². The van der Waals surface area contributed by atoms with Crippen LogP contribution in [0.4, 0.5) is 0 Å². The normalized spacial score (nSPS) is 43.4. The smallest absolute Gasteiger partial charge is 0.0233 e. The van der Waals surface area contributed by atoms with Crippen LogP contribution in [0.5, 0.6) is 0 Å². The number of hydrogen-bond donors (Lipinski definition) is 0. The van der Waals surface area contributed by atoms with Crippen molar-refractivity contribution in [2.75, 3.05) is 0 Å². The molecule has 0 aliphatic heterocycles. The molecule has 0 aromatic heterocycles. The van der Waals surface area contributed by atoms with Crippen LogP contribution in [0.15, 0.2) is 12.2 Å². The van der Waals surface area contributed by atoms with Gasteiger partial charge in [0.05, 0.1) is 0 Å². The molecule has 0 aromatic rings. The summed E-state index contributed by atoms with van der Waals surface area (Å²) in [6, 6.07) is 0. The molecule has 0 radical (unpaired) electrons. The average Bonchev–Trinajstić information content (AvgIpc) is 3.48. The molecule has 0 atom stereocenters. The van der Waals surface area contributed by atoms with E-state index < -0.39 is 0 Å². The largest absolute Gasteiger partial charge is 0.0914 e. The second kappa shape index (κ2) is 8.62. The minimum Gasteiger partial charge on any atom is -0.0914 e. The van der Waals surface area contributed by atoms with Crippen molar-refractivity contribution in [1.29, 1.82) is 0 Å². The van der Waals surface area contributed by atoms with Crippen LogP contribution in [0.3, 0.4) is 0 Å². The summed E-state index contributed by atoms with van der Waals surface area (Å²) in [7, 11) is 0. The lowest BCUT2D eigenvalue weighted by Gasteiger charge is -2.41. The fraction of sp³-hybridized carbons (Fsp3) is 0.920. The van der Waals surface area contributed by atoms with Gasteiger partial charge in [0.15, 0.2) is 0 Å². The van der Waals surface area contributed by atoms with Gasteiger partial charge in [-0.15, -0.1) is 0 Å². The Labute approximate surface area is 157 Å². The average molecular weight is 343 g/mol. The monoisotopic (exact) mass is 342 g/mol. The second-order valence-corrected chi connectivity index (χ2v) is 10.3. The van der Waals surface area contributed by atoms with Gasteiger partial charge in [0.2, 0.25) is 0 Å². The molecule has 0 heterocycles. The molecule has 4 aliphatic rings. The van der Waals surface area contributed by atoms with E-state index >= 15 is 0 Å². The van der Waals surface area contributed by atoms with Crippen molar-refractivity contribution in [3.63, 3.8) is 0 Å². The van der Waals surface area contributed by atoms with Gasteiger partial charge in [-0.3, -0.25) is 0 Å². The molecule has 0 spiro atoms. The molecule has 0 heteroatoms. The first-order valence-electron chi connectivity index (χ1n) is 11.9. The Morgan fingerprint density at radius 2 is 0.880 bits per heavy atom. The highest BCUT2D eigenvalue weighted by Crippen LogP contribution is 2.47. The van der Waals surface area contributed by atoms with Crippen LogP contribution in [0.25, 0.3) is 0 Å². The Balaban J connectivity index is 1.16. The maximum Gasteiger partial charge on any atom is -0.0233 e. The molecule has 4 rings (SSSR count). The first-order valence-corrected chi connectivity index (χ1v) is 11.9. The molecule has 0 saturated heterocycles. The third-order valence-electron chi connectivity index (χ3n) is 8.69. The lowest BCUT2D eigenvalue weighted by molar-refractivity contribution is 0.106. The Bertz CT molecular complexity index is 407. The molecular weight excluding hydrogens is 300 g/mol. The minimum absolute atomic E-state index is 0.906. The maximum atomic E-state index is 2.46. The van der Waals surface area contributed by atoms with Gasteiger partial charge in [0, 0.05) is 0 Å². The van der Waals surface area contributed by atoms with E-state index in [0.29, 0.717) is 0 Å². The summed E-state index contributed by atoms with van der Waals surface area (Å²) >= 11 is 0. The van der Waals surface area contributed by atoms with Crippen LogP contribution in [-0.4, -0.2) is 0 Å². The van der Waals surface area contributed by atoms with Crippen LogP contribution in [0, 0.1) is 41.4 Å². The van der Waals surface area contributed by atoms with E-state index in [9.17, 15) is 0 Å². The first-order chi connectivity index (χ1) is 12.3. The van der Waals surface area contributed by atoms with E-state index in [1.165, 1.54) is 25.7 Å². The molecule has 4 saturated carbocycles. The highest BCUT2D eigenvalue weighted by molar-refractivity contribution is 4.91. The predicted octanol–water partition coefficient (Wildman–Crippen LogP) is 7.78. The molecule has 4 fully saturated rings. The third kappa shape index (κ3) is 4.92. The van der Waals surface area contributed by atoms with Crippen LogP contribution >= 0.6 is 0 Å². The summed E-state index contributed by atoms with van der Waals surface area (Å²) in [5, 5.41) is 0. The minimum atomic E-state index is 0.906. The zero-order valence-electron chi connectivity index (χ0n) is 16.8. The van der Waals surface area contributed by atoms with E-state index in [4.69, 9.17) is 0 Å². The molecule has 4 aliphatic carbocycles. The summed E-state index contributed by atoms with van der Waals surface area (Å²) in [5.41, 5.74) is 0. The summed E-state index contributed by atoms with van der Waals surface area (Å²) in [6.07, 6.45) is 28.1. The predicted molar refractivity (Wildman–Crippen MR) is 108 cm³/mol. The van der Waals surface area contributed by atoms with Crippen LogP contribution in [0.2, 0.25) is 0 Å². The van der Waals surface area contributed by atoms with Crippen LogP contribution < -0.4 is 0 Å². The van der Waals surface area contributed by atoms with E-state index in [0.717, 1.165) is 41.4 Å². The van der Waals surface area contributed by atoms with Gasteiger partial charge >= 0.3 is 0 Å². The molecule has 0 aromatic carbocycles. The summed E-state index contributed by atoms with van der Waals surface area (Å²) < 4.78 is 0. The molecule has 0 unspecified atom stereocenters. The quantitative estimate of drug-likeness (QED) is 0.447. The Kier molecular flexibility index (Phi) is 6.25. The molecule has 0 N–H and O–H groups in total. The van der Waals surface area contributed by atoms with Crippen molar-refractivity contribution in [2.45, 2.75) is 103 Å². The van der Waals surface area contributed by atoms with Crippen LogP contribution in [0.1, 0.15) is 103 Å². The van der Waals surface area contributed by atoms with Crippen LogP contribution in [-0.2, 0) is 0 Å². The highest BCUT2D eigenvalue weighted by Gasteiger charge is 2.35. The van der Waals surface area contributed by atoms with Gasteiger partial charge in [0.1, 0.15) is 0 Å². The maximum absolute atomic E-state index is 2.46. The lowest BCUT2D eigenvalue weighted by Crippen LogP contribution is -2.29. The zero-order chi connectivity index (χ0) is 17.1. The van der Waals surface area contributed by atoms with Gasteiger partial charge in [-0.1, -0.05) is 37.8 Å². The van der Waals surface area contributed by atoms with Gasteiger partial charge < -0.3 is 0 Å². The lowest BCUT2D eigenvalue weighted by atomic mass is 9.65. The van der Waals surface area contributed by atoms with E-state index in [1.54, 1.807) is 70.6 Å². The van der Waals surface area contributed by atoms with E-state index in [2.05, 4.69) is 19.1 Å². The van der Waals surface area contributed by atoms with Gasteiger partial charge in [-0.2, -0.15) is 0 Å². The Morgan fingerprint density at radius 3 is 1.28 bits per heavy atom. The van der Waals surface area contributed by atoms with Gasteiger partial charge in [-0.05, 0) is 119 Å². The summed E-state index contributed by atoms with van der Waals surface area (Å²) in [5.74, 6) is 7.57. The van der Waals surface area contributed by atoms with E-state index in [-0.39, 0.29) is 0 Å². The molecule has 142 valence electrons. The highest BCUT2D eigenvalue weighted by atomic mass is 14.4. The molecule has 0 amide bonds. The summed E-state index contributed by atoms with van der Waals surface area (Å²) in [4.78, 5) is 0.